The molecule has 0 spiro atoms. The molecule has 1 aliphatic carbocycles. The lowest BCUT2D eigenvalue weighted by Crippen LogP contribution is -2.20. The van der Waals surface area contributed by atoms with Crippen molar-refractivity contribution in [2.24, 2.45) is 5.92 Å². The highest BCUT2D eigenvalue weighted by molar-refractivity contribution is 7.99. The highest BCUT2D eigenvalue weighted by atomic mass is 32.2. The zero-order valence-corrected chi connectivity index (χ0v) is 8.41. The van der Waals surface area contributed by atoms with Gasteiger partial charge in [0.05, 0.1) is 0 Å². The van der Waals surface area contributed by atoms with Crippen LogP contribution in [0.1, 0.15) is 26.2 Å². The van der Waals surface area contributed by atoms with Crippen molar-refractivity contribution in [2.45, 2.75) is 31.4 Å². The normalized spacial score (nSPS) is 20.2. The SMILES string of the molecule is CSC(C)CCNCC1CC1. The van der Waals surface area contributed by atoms with E-state index in [-0.39, 0.29) is 0 Å². The third-order valence-corrected chi connectivity index (χ3v) is 3.30. The van der Waals surface area contributed by atoms with Crippen molar-refractivity contribution in [3.63, 3.8) is 0 Å². The summed E-state index contributed by atoms with van der Waals surface area (Å²) < 4.78 is 0. The van der Waals surface area contributed by atoms with Gasteiger partial charge in [-0.05, 0) is 44.5 Å². The highest BCUT2D eigenvalue weighted by Gasteiger charge is 2.19. The molecule has 0 aromatic heterocycles. The number of nitrogens with one attached hydrogen (secondary N) is 1. The maximum Gasteiger partial charge on any atom is 0.00280 e. The first-order valence-corrected chi connectivity index (χ1v) is 5.85. The Labute approximate surface area is 74.3 Å². The molecule has 0 aromatic carbocycles. The fourth-order valence-corrected chi connectivity index (χ4v) is 1.40. The van der Waals surface area contributed by atoms with Crippen molar-refractivity contribution in [2.75, 3.05) is 19.3 Å². The number of rotatable bonds is 6. The van der Waals surface area contributed by atoms with Crippen molar-refractivity contribution in [1.29, 1.82) is 0 Å². The quantitative estimate of drug-likeness (QED) is 0.618. The van der Waals surface area contributed by atoms with Gasteiger partial charge < -0.3 is 5.32 Å². The predicted octanol–water partition coefficient (Wildman–Crippen LogP) is 2.13. The zero-order chi connectivity index (χ0) is 8.10. The van der Waals surface area contributed by atoms with E-state index in [1.54, 1.807) is 0 Å². The Hall–Kier alpha value is 0.310. The molecule has 1 fully saturated rings. The highest BCUT2D eigenvalue weighted by Crippen LogP contribution is 2.27. The van der Waals surface area contributed by atoms with Gasteiger partial charge in [-0.1, -0.05) is 6.92 Å². The van der Waals surface area contributed by atoms with Gasteiger partial charge in [-0.15, -0.1) is 0 Å². The van der Waals surface area contributed by atoms with E-state index in [2.05, 4.69) is 18.5 Å². The van der Waals surface area contributed by atoms with Crippen LogP contribution in [-0.2, 0) is 0 Å². The molecule has 0 aromatic rings. The summed E-state index contributed by atoms with van der Waals surface area (Å²) >= 11 is 1.96. The van der Waals surface area contributed by atoms with Crippen LogP contribution in [-0.4, -0.2) is 24.6 Å². The Morgan fingerprint density at radius 1 is 1.55 bits per heavy atom. The van der Waals surface area contributed by atoms with E-state index in [0.717, 1.165) is 11.2 Å². The van der Waals surface area contributed by atoms with Crippen molar-refractivity contribution >= 4 is 11.8 Å². The average Bonchev–Trinajstić information content (AvgIpc) is 2.81. The van der Waals surface area contributed by atoms with Crippen molar-refractivity contribution in [1.82, 2.24) is 5.32 Å². The molecule has 0 radical (unpaired) electrons. The molecule has 1 saturated carbocycles. The van der Waals surface area contributed by atoms with Gasteiger partial charge in [0.1, 0.15) is 0 Å². The summed E-state index contributed by atoms with van der Waals surface area (Å²) in [5, 5.41) is 4.32. The van der Waals surface area contributed by atoms with E-state index in [1.807, 2.05) is 11.8 Å². The molecule has 1 N–H and O–H groups in total. The minimum atomic E-state index is 0.821. The molecule has 1 aliphatic rings. The molecule has 1 rings (SSSR count). The molecular weight excluding hydrogens is 154 g/mol. The van der Waals surface area contributed by atoms with Gasteiger partial charge in [0.2, 0.25) is 0 Å². The molecule has 1 unspecified atom stereocenters. The fraction of sp³-hybridized carbons (Fsp3) is 1.00. The standard InChI is InChI=1S/C9H19NS/c1-8(11-2)5-6-10-7-9-3-4-9/h8-10H,3-7H2,1-2H3. The fourth-order valence-electron chi connectivity index (χ4n) is 1.05. The van der Waals surface area contributed by atoms with Gasteiger partial charge in [0, 0.05) is 5.25 Å². The molecule has 1 nitrogen and oxygen atoms in total. The molecule has 0 amide bonds. The molecule has 0 bridgehead atoms. The van der Waals surface area contributed by atoms with Crippen LogP contribution < -0.4 is 5.32 Å². The van der Waals surface area contributed by atoms with Crippen molar-refractivity contribution < 1.29 is 0 Å². The summed E-state index contributed by atoms with van der Waals surface area (Å²) in [7, 11) is 0. The molecule has 66 valence electrons. The lowest BCUT2D eigenvalue weighted by Gasteiger charge is -2.07. The van der Waals surface area contributed by atoms with Crippen LogP contribution in [0.25, 0.3) is 0 Å². The molecule has 0 heterocycles. The maximum atomic E-state index is 3.50. The molecule has 0 aliphatic heterocycles. The van der Waals surface area contributed by atoms with E-state index in [9.17, 15) is 0 Å². The largest absolute Gasteiger partial charge is 0.316 e. The molecule has 2 heteroatoms. The van der Waals surface area contributed by atoms with Crippen LogP contribution in [0.5, 0.6) is 0 Å². The lowest BCUT2D eigenvalue weighted by molar-refractivity contribution is 0.612. The van der Waals surface area contributed by atoms with Gasteiger partial charge >= 0.3 is 0 Å². The summed E-state index contributed by atoms with van der Waals surface area (Å²) in [5.74, 6) is 1.03. The first kappa shape index (κ1) is 9.40. The summed E-state index contributed by atoms with van der Waals surface area (Å²) in [6.45, 7) is 4.77. The molecule has 11 heavy (non-hydrogen) atoms. The summed E-state index contributed by atoms with van der Waals surface area (Å²) in [5.41, 5.74) is 0. The molecule has 0 saturated heterocycles. The average molecular weight is 173 g/mol. The molecular formula is C9H19NS. The third kappa shape index (κ3) is 4.70. The Balaban J connectivity index is 1.79. The summed E-state index contributed by atoms with van der Waals surface area (Å²) in [6, 6.07) is 0. The Kier molecular flexibility index (Phi) is 4.31. The van der Waals surface area contributed by atoms with Crippen molar-refractivity contribution in [3.05, 3.63) is 0 Å². The lowest BCUT2D eigenvalue weighted by atomic mass is 10.3. The minimum Gasteiger partial charge on any atom is -0.316 e. The van der Waals surface area contributed by atoms with E-state index < -0.39 is 0 Å². The van der Waals surface area contributed by atoms with E-state index in [0.29, 0.717) is 0 Å². The maximum absolute atomic E-state index is 3.50. The zero-order valence-electron chi connectivity index (χ0n) is 7.60. The van der Waals surface area contributed by atoms with Crippen LogP contribution in [0.3, 0.4) is 0 Å². The van der Waals surface area contributed by atoms with Crippen LogP contribution >= 0.6 is 11.8 Å². The van der Waals surface area contributed by atoms with Gasteiger partial charge in [-0.3, -0.25) is 0 Å². The minimum absolute atomic E-state index is 0.821. The smallest absolute Gasteiger partial charge is 0.00280 e. The van der Waals surface area contributed by atoms with Gasteiger partial charge in [0.25, 0.3) is 0 Å². The topological polar surface area (TPSA) is 12.0 Å². The number of thioether (sulfide) groups is 1. The Morgan fingerprint density at radius 3 is 2.82 bits per heavy atom. The van der Waals surface area contributed by atoms with Gasteiger partial charge in [0.15, 0.2) is 0 Å². The second-order valence-corrected chi connectivity index (χ2v) is 4.76. The van der Waals surface area contributed by atoms with Crippen LogP contribution in [0.4, 0.5) is 0 Å². The predicted molar refractivity (Wildman–Crippen MR) is 53.2 cm³/mol. The summed E-state index contributed by atoms with van der Waals surface area (Å²) in [4.78, 5) is 0. The Morgan fingerprint density at radius 2 is 2.27 bits per heavy atom. The van der Waals surface area contributed by atoms with E-state index in [4.69, 9.17) is 0 Å². The second-order valence-electron chi connectivity index (χ2n) is 3.48. The van der Waals surface area contributed by atoms with E-state index in [1.165, 1.54) is 32.4 Å². The summed E-state index contributed by atoms with van der Waals surface area (Å²) in [6.07, 6.45) is 6.43. The van der Waals surface area contributed by atoms with Crippen LogP contribution in [0, 0.1) is 5.92 Å². The van der Waals surface area contributed by atoms with Crippen LogP contribution in [0.15, 0.2) is 0 Å². The van der Waals surface area contributed by atoms with Gasteiger partial charge in [-0.25, -0.2) is 0 Å². The number of hydrogen-bond acceptors (Lipinski definition) is 2. The first-order chi connectivity index (χ1) is 5.33. The number of hydrogen-bond donors (Lipinski definition) is 1. The molecule has 1 atom stereocenters. The van der Waals surface area contributed by atoms with Crippen LogP contribution in [0.2, 0.25) is 0 Å². The van der Waals surface area contributed by atoms with Gasteiger partial charge in [-0.2, -0.15) is 11.8 Å². The third-order valence-electron chi connectivity index (χ3n) is 2.26. The second kappa shape index (κ2) is 5.04. The van der Waals surface area contributed by atoms with Crippen molar-refractivity contribution in [3.8, 4) is 0 Å². The first-order valence-electron chi connectivity index (χ1n) is 4.56. The Bertz CT molecular complexity index is 102. The van der Waals surface area contributed by atoms with E-state index >= 15 is 0 Å². The monoisotopic (exact) mass is 173 g/mol.